The molecule has 6 nitrogen and oxygen atoms in total. The van der Waals surface area contributed by atoms with Gasteiger partial charge < -0.3 is 16.4 Å². The zero-order chi connectivity index (χ0) is 19.8. The molecule has 0 fully saturated rings. The van der Waals surface area contributed by atoms with E-state index in [0.717, 1.165) is 15.6 Å². The Kier molecular flexibility index (Phi) is 7.55. The van der Waals surface area contributed by atoms with Crippen molar-refractivity contribution in [3.63, 3.8) is 0 Å². The van der Waals surface area contributed by atoms with Gasteiger partial charge >= 0.3 is 0 Å². The van der Waals surface area contributed by atoms with Gasteiger partial charge in [0.2, 0.25) is 17.7 Å². The number of rotatable bonds is 8. The van der Waals surface area contributed by atoms with E-state index in [1.54, 1.807) is 0 Å². The summed E-state index contributed by atoms with van der Waals surface area (Å²) in [4.78, 5) is 36.0. The first kappa shape index (κ1) is 20.6. The highest BCUT2D eigenvalue weighted by Gasteiger charge is 2.25. The summed E-state index contributed by atoms with van der Waals surface area (Å²) in [5, 5.41) is 5.30. The van der Waals surface area contributed by atoms with Crippen LogP contribution in [0.15, 0.2) is 59.1 Å². The third-order valence-electron chi connectivity index (χ3n) is 3.99. The molecule has 2 atom stereocenters. The van der Waals surface area contributed by atoms with E-state index in [4.69, 9.17) is 5.73 Å². The standard InChI is InChI=1S/C20H22BrN3O3/c1-13(25)23-18(12-14-5-3-2-4-6-14)20(27)24-17(19(22)26)11-15-7-9-16(21)10-8-15/h2-10,17-18H,11-12H2,1H3,(H2,22,26)(H,23,25)(H,24,27)/t17-,18+/m1/s1. The van der Waals surface area contributed by atoms with Gasteiger partial charge in [0.15, 0.2) is 0 Å². The van der Waals surface area contributed by atoms with Crippen molar-refractivity contribution in [2.75, 3.05) is 0 Å². The minimum atomic E-state index is -0.870. The Labute approximate surface area is 166 Å². The number of benzene rings is 2. The molecule has 142 valence electrons. The summed E-state index contributed by atoms with van der Waals surface area (Å²) in [7, 11) is 0. The largest absolute Gasteiger partial charge is 0.368 e. The molecule has 0 saturated heterocycles. The summed E-state index contributed by atoms with van der Waals surface area (Å²) in [5.74, 6) is -1.41. The lowest BCUT2D eigenvalue weighted by Gasteiger charge is -2.22. The molecule has 27 heavy (non-hydrogen) atoms. The van der Waals surface area contributed by atoms with Crippen LogP contribution in [-0.4, -0.2) is 29.8 Å². The first-order valence-corrected chi connectivity index (χ1v) is 9.29. The zero-order valence-corrected chi connectivity index (χ0v) is 16.5. The number of amides is 3. The summed E-state index contributed by atoms with van der Waals surface area (Å²) >= 11 is 3.35. The van der Waals surface area contributed by atoms with Gasteiger partial charge in [-0.1, -0.05) is 58.4 Å². The van der Waals surface area contributed by atoms with Gasteiger partial charge in [-0.25, -0.2) is 0 Å². The summed E-state index contributed by atoms with van der Waals surface area (Å²) in [6, 6.07) is 15.1. The van der Waals surface area contributed by atoms with Crippen LogP contribution in [0.5, 0.6) is 0 Å². The smallest absolute Gasteiger partial charge is 0.243 e. The molecule has 4 N–H and O–H groups in total. The molecule has 0 aliphatic heterocycles. The Bertz CT molecular complexity index is 794. The monoisotopic (exact) mass is 431 g/mol. The lowest BCUT2D eigenvalue weighted by atomic mass is 10.0. The van der Waals surface area contributed by atoms with Crippen LogP contribution in [0, 0.1) is 0 Å². The molecule has 2 rings (SSSR count). The van der Waals surface area contributed by atoms with Crippen LogP contribution in [0.2, 0.25) is 0 Å². The molecule has 0 radical (unpaired) electrons. The third-order valence-corrected chi connectivity index (χ3v) is 4.52. The normalized spacial score (nSPS) is 12.7. The fraction of sp³-hybridized carbons (Fsp3) is 0.250. The van der Waals surface area contributed by atoms with Gasteiger partial charge in [-0.3, -0.25) is 14.4 Å². The molecule has 0 heterocycles. The molecule has 0 aliphatic carbocycles. The third kappa shape index (κ3) is 6.86. The maximum absolute atomic E-state index is 12.7. The van der Waals surface area contributed by atoms with Crippen LogP contribution in [-0.2, 0) is 27.2 Å². The number of hydrogen-bond donors (Lipinski definition) is 3. The molecule has 3 amide bonds. The second kappa shape index (κ2) is 9.87. The van der Waals surface area contributed by atoms with Crippen LogP contribution < -0.4 is 16.4 Å². The van der Waals surface area contributed by atoms with E-state index < -0.39 is 23.9 Å². The quantitative estimate of drug-likeness (QED) is 0.592. The maximum atomic E-state index is 12.7. The van der Waals surface area contributed by atoms with Gasteiger partial charge in [-0.15, -0.1) is 0 Å². The average Bonchev–Trinajstić information content (AvgIpc) is 2.62. The highest BCUT2D eigenvalue weighted by Crippen LogP contribution is 2.12. The highest BCUT2D eigenvalue weighted by molar-refractivity contribution is 9.10. The van der Waals surface area contributed by atoms with Crippen LogP contribution in [0.25, 0.3) is 0 Å². The SMILES string of the molecule is CC(=O)N[C@@H](Cc1ccccc1)C(=O)N[C@H](Cc1ccc(Br)cc1)C(N)=O. The summed E-state index contributed by atoms with van der Waals surface area (Å²) < 4.78 is 0.916. The molecule has 0 aromatic heterocycles. The van der Waals surface area contributed by atoms with Crippen molar-refractivity contribution in [2.24, 2.45) is 5.73 Å². The van der Waals surface area contributed by atoms with Crippen molar-refractivity contribution in [3.8, 4) is 0 Å². The number of carbonyl (C=O) groups excluding carboxylic acids is 3. The van der Waals surface area contributed by atoms with Crippen LogP contribution >= 0.6 is 15.9 Å². The molecule has 0 unspecified atom stereocenters. The predicted molar refractivity (Wildman–Crippen MR) is 107 cm³/mol. The van der Waals surface area contributed by atoms with Gasteiger partial charge in [-0.2, -0.15) is 0 Å². The predicted octanol–water partition coefficient (Wildman–Crippen LogP) is 1.71. The lowest BCUT2D eigenvalue weighted by Crippen LogP contribution is -2.54. The Balaban J connectivity index is 2.10. The molecule has 2 aromatic rings. The Morgan fingerprint density at radius 1 is 0.889 bits per heavy atom. The Morgan fingerprint density at radius 2 is 1.44 bits per heavy atom. The van der Waals surface area contributed by atoms with E-state index in [-0.39, 0.29) is 12.3 Å². The van der Waals surface area contributed by atoms with Crippen LogP contribution in [0.3, 0.4) is 0 Å². The molecule has 0 spiro atoms. The summed E-state index contributed by atoms with van der Waals surface area (Å²) in [5.41, 5.74) is 7.23. The van der Waals surface area contributed by atoms with Gasteiger partial charge in [0, 0.05) is 24.2 Å². The highest BCUT2D eigenvalue weighted by atomic mass is 79.9. The van der Waals surface area contributed by atoms with Crippen molar-refractivity contribution in [1.29, 1.82) is 0 Å². The van der Waals surface area contributed by atoms with E-state index in [9.17, 15) is 14.4 Å². The first-order chi connectivity index (χ1) is 12.8. The van der Waals surface area contributed by atoms with E-state index in [2.05, 4.69) is 26.6 Å². The van der Waals surface area contributed by atoms with Gasteiger partial charge in [0.05, 0.1) is 0 Å². The van der Waals surface area contributed by atoms with Crippen molar-refractivity contribution >= 4 is 33.7 Å². The second-order valence-corrected chi connectivity index (χ2v) is 7.15. The molecular weight excluding hydrogens is 410 g/mol. The Morgan fingerprint density at radius 3 is 2.00 bits per heavy atom. The maximum Gasteiger partial charge on any atom is 0.243 e. The number of hydrogen-bond acceptors (Lipinski definition) is 3. The molecule has 0 saturated carbocycles. The molecule has 2 aromatic carbocycles. The van der Waals surface area contributed by atoms with E-state index in [1.165, 1.54) is 6.92 Å². The zero-order valence-electron chi connectivity index (χ0n) is 14.9. The minimum Gasteiger partial charge on any atom is -0.368 e. The Hall–Kier alpha value is -2.67. The lowest BCUT2D eigenvalue weighted by molar-refractivity contribution is -0.130. The molecule has 0 bridgehead atoms. The van der Waals surface area contributed by atoms with Gasteiger partial charge in [0.25, 0.3) is 0 Å². The number of nitrogens with two attached hydrogens (primary N) is 1. The van der Waals surface area contributed by atoms with Crippen molar-refractivity contribution in [2.45, 2.75) is 31.8 Å². The van der Waals surface area contributed by atoms with Crippen molar-refractivity contribution in [3.05, 3.63) is 70.2 Å². The van der Waals surface area contributed by atoms with E-state index >= 15 is 0 Å². The first-order valence-electron chi connectivity index (χ1n) is 8.50. The fourth-order valence-corrected chi connectivity index (χ4v) is 2.92. The minimum absolute atomic E-state index is 0.270. The molecule has 7 heteroatoms. The number of primary amides is 1. The summed E-state index contributed by atoms with van der Waals surface area (Å²) in [6.07, 6.45) is 0.586. The average molecular weight is 432 g/mol. The number of halogens is 1. The second-order valence-electron chi connectivity index (χ2n) is 6.24. The number of carbonyl (C=O) groups is 3. The van der Waals surface area contributed by atoms with E-state index in [0.29, 0.717) is 6.42 Å². The molecule has 0 aliphatic rings. The van der Waals surface area contributed by atoms with Crippen LogP contribution in [0.1, 0.15) is 18.1 Å². The van der Waals surface area contributed by atoms with Gasteiger partial charge in [0.1, 0.15) is 12.1 Å². The fourth-order valence-electron chi connectivity index (χ4n) is 2.66. The number of nitrogens with one attached hydrogen (secondary N) is 2. The molecular formula is C20H22BrN3O3. The summed E-state index contributed by atoms with van der Waals surface area (Å²) in [6.45, 7) is 1.35. The van der Waals surface area contributed by atoms with Crippen molar-refractivity contribution < 1.29 is 14.4 Å². The van der Waals surface area contributed by atoms with Crippen LogP contribution in [0.4, 0.5) is 0 Å². The van der Waals surface area contributed by atoms with E-state index in [1.807, 2.05) is 54.6 Å². The van der Waals surface area contributed by atoms with Crippen molar-refractivity contribution in [1.82, 2.24) is 10.6 Å². The van der Waals surface area contributed by atoms with Gasteiger partial charge in [-0.05, 0) is 23.3 Å². The topological polar surface area (TPSA) is 101 Å².